The first-order valence-electron chi connectivity index (χ1n) is 10.8. The molecule has 1 aliphatic rings. The number of carbonyl (C=O) groups excluding carboxylic acids is 1. The van der Waals surface area contributed by atoms with Gasteiger partial charge in [-0.2, -0.15) is 0 Å². The standard InChI is InChI=1S/C22H37N5O3/c1-5-23-22(24-10-7-15-30-20-9-6-8-19(16-20)29-4)27-13-11-26(12-14-27)17-21(28)25-18(2)3/h6,8-9,16,18H,5,7,10-15,17H2,1-4H3,(H,23,24)(H,25,28). The van der Waals surface area contributed by atoms with Crippen molar-refractivity contribution in [1.29, 1.82) is 0 Å². The molecule has 1 amide bonds. The van der Waals surface area contributed by atoms with Gasteiger partial charge in [0.15, 0.2) is 5.96 Å². The number of benzene rings is 1. The summed E-state index contributed by atoms with van der Waals surface area (Å²) in [5, 5.41) is 6.33. The normalized spacial score (nSPS) is 15.2. The van der Waals surface area contributed by atoms with E-state index in [2.05, 4.69) is 27.4 Å². The molecule has 1 aliphatic heterocycles. The molecule has 0 spiro atoms. The van der Waals surface area contributed by atoms with Crippen LogP contribution in [0.3, 0.4) is 0 Å². The Hall–Kier alpha value is -2.48. The molecule has 30 heavy (non-hydrogen) atoms. The summed E-state index contributed by atoms with van der Waals surface area (Å²) in [5.41, 5.74) is 0. The Kier molecular flexibility index (Phi) is 10.3. The summed E-state index contributed by atoms with van der Waals surface area (Å²) in [7, 11) is 1.65. The van der Waals surface area contributed by atoms with Gasteiger partial charge in [0.2, 0.25) is 5.91 Å². The lowest BCUT2D eigenvalue weighted by atomic mass is 10.3. The third kappa shape index (κ3) is 8.49. The molecule has 0 unspecified atom stereocenters. The number of carbonyl (C=O) groups is 1. The van der Waals surface area contributed by atoms with Crippen molar-refractivity contribution in [2.24, 2.45) is 4.99 Å². The molecule has 0 aromatic heterocycles. The second-order valence-electron chi connectivity index (χ2n) is 7.60. The third-order valence-electron chi connectivity index (χ3n) is 4.70. The number of ether oxygens (including phenoxy) is 2. The van der Waals surface area contributed by atoms with Crippen LogP contribution in [0.15, 0.2) is 29.3 Å². The van der Waals surface area contributed by atoms with Crippen LogP contribution in [0, 0.1) is 0 Å². The minimum absolute atomic E-state index is 0.0926. The van der Waals surface area contributed by atoms with E-state index in [-0.39, 0.29) is 11.9 Å². The Morgan fingerprint density at radius 2 is 1.93 bits per heavy atom. The number of nitrogens with one attached hydrogen (secondary N) is 2. The van der Waals surface area contributed by atoms with Gasteiger partial charge in [0.1, 0.15) is 11.5 Å². The van der Waals surface area contributed by atoms with Crippen LogP contribution < -0.4 is 20.1 Å². The van der Waals surface area contributed by atoms with E-state index in [0.29, 0.717) is 19.7 Å². The van der Waals surface area contributed by atoms with Crippen molar-refractivity contribution < 1.29 is 14.3 Å². The Balaban J connectivity index is 1.74. The zero-order valence-corrected chi connectivity index (χ0v) is 18.8. The van der Waals surface area contributed by atoms with E-state index in [4.69, 9.17) is 14.5 Å². The number of hydrogen-bond donors (Lipinski definition) is 2. The smallest absolute Gasteiger partial charge is 0.234 e. The zero-order valence-electron chi connectivity index (χ0n) is 18.8. The number of hydrogen-bond acceptors (Lipinski definition) is 5. The van der Waals surface area contributed by atoms with E-state index >= 15 is 0 Å². The first-order chi connectivity index (χ1) is 14.5. The predicted molar refractivity (Wildman–Crippen MR) is 120 cm³/mol. The summed E-state index contributed by atoms with van der Waals surface area (Å²) in [6.07, 6.45) is 0.835. The van der Waals surface area contributed by atoms with E-state index in [1.807, 2.05) is 38.1 Å². The largest absolute Gasteiger partial charge is 0.497 e. The molecule has 2 N–H and O–H groups in total. The van der Waals surface area contributed by atoms with Crippen LogP contribution >= 0.6 is 0 Å². The quantitative estimate of drug-likeness (QED) is 0.341. The monoisotopic (exact) mass is 419 g/mol. The first kappa shape index (κ1) is 23.8. The lowest BCUT2D eigenvalue weighted by molar-refractivity contribution is -0.123. The van der Waals surface area contributed by atoms with Gasteiger partial charge >= 0.3 is 0 Å². The molecule has 0 aliphatic carbocycles. The van der Waals surface area contributed by atoms with Gasteiger partial charge in [0.05, 0.1) is 20.3 Å². The number of rotatable bonds is 10. The zero-order chi connectivity index (χ0) is 21.8. The van der Waals surface area contributed by atoms with E-state index in [0.717, 1.165) is 56.6 Å². The maximum Gasteiger partial charge on any atom is 0.234 e. The van der Waals surface area contributed by atoms with Crippen molar-refractivity contribution in [1.82, 2.24) is 20.4 Å². The van der Waals surface area contributed by atoms with Gasteiger partial charge in [-0.25, -0.2) is 0 Å². The van der Waals surface area contributed by atoms with Gasteiger partial charge in [-0.3, -0.25) is 14.7 Å². The maximum absolute atomic E-state index is 12.0. The molecule has 0 saturated carbocycles. The van der Waals surface area contributed by atoms with Crippen molar-refractivity contribution in [3.8, 4) is 11.5 Å². The molecule has 8 nitrogen and oxygen atoms in total. The number of amides is 1. The summed E-state index contributed by atoms with van der Waals surface area (Å²) < 4.78 is 11.0. The SMILES string of the molecule is CCNC(=NCCCOc1cccc(OC)c1)N1CCN(CC(=O)NC(C)C)CC1. The highest BCUT2D eigenvalue weighted by molar-refractivity contribution is 5.80. The average molecular weight is 420 g/mol. The predicted octanol–water partition coefficient (Wildman–Crippen LogP) is 1.57. The first-order valence-corrected chi connectivity index (χ1v) is 10.8. The molecule has 8 heteroatoms. The molecule has 1 aromatic carbocycles. The van der Waals surface area contributed by atoms with Crippen molar-refractivity contribution >= 4 is 11.9 Å². The minimum atomic E-state index is 0.0926. The molecular weight excluding hydrogens is 382 g/mol. The van der Waals surface area contributed by atoms with Gasteiger partial charge in [-0.1, -0.05) is 6.07 Å². The summed E-state index contributed by atoms with van der Waals surface area (Å²) in [6.45, 7) is 12.1. The third-order valence-corrected chi connectivity index (χ3v) is 4.70. The van der Waals surface area contributed by atoms with Crippen LogP contribution in [-0.4, -0.2) is 87.2 Å². The molecule has 1 fully saturated rings. The van der Waals surface area contributed by atoms with Crippen LogP contribution in [-0.2, 0) is 4.79 Å². The Labute approximate surface area is 180 Å². The Bertz CT molecular complexity index is 672. The van der Waals surface area contributed by atoms with Gasteiger partial charge in [0, 0.05) is 57.8 Å². The minimum Gasteiger partial charge on any atom is -0.497 e. The van der Waals surface area contributed by atoms with E-state index in [9.17, 15) is 4.79 Å². The number of methoxy groups -OCH3 is 1. The number of nitrogens with zero attached hydrogens (tertiary/aromatic N) is 3. The molecule has 0 atom stereocenters. The number of piperazine rings is 1. The highest BCUT2D eigenvalue weighted by Gasteiger charge is 2.21. The Morgan fingerprint density at radius 3 is 2.60 bits per heavy atom. The van der Waals surface area contributed by atoms with Crippen LogP contribution in [0.4, 0.5) is 0 Å². The van der Waals surface area contributed by atoms with Crippen molar-refractivity contribution in [2.45, 2.75) is 33.2 Å². The molecule has 1 heterocycles. The molecular formula is C22H37N5O3. The summed E-state index contributed by atoms with van der Waals surface area (Å²) in [4.78, 5) is 21.2. The molecule has 2 rings (SSSR count). The van der Waals surface area contributed by atoms with Gasteiger partial charge in [0.25, 0.3) is 0 Å². The van der Waals surface area contributed by atoms with Crippen LogP contribution in [0.5, 0.6) is 11.5 Å². The van der Waals surface area contributed by atoms with E-state index in [1.165, 1.54) is 0 Å². The highest BCUT2D eigenvalue weighted by atomic mass is 16.5. The summed E-state index contributed by atoms with van der Waals surface area (Å²) >= 11 is 0. The topological polar surface area (TPSA) is 78.4 Å². The summed E-state index contributed by atoms with van der Waals surface area (Å²) in [6, 6.07) is 7.81. The highest BCUT2D eigenvalue weighted by Crippen LogP contribution is 2.18. The number of aliphatic imine (C=N–C) groups is 1. The fourth-order valence-corrected chi connectivity index (χ4v) is 3.24. The van der Waals surface area contributed by atoms with E-state index < -0.39 is 0 Å². The molecule has 0 bridgehead atoms. The van der Waals surface area contributed by atoms with Crippen molar-refractivity contribution in [3.05, 3.63) is 24.3 Å². The Morgan fingerprint density at radius 1 is 1.20 bits per heavy atom. The molecule has 0 radical (unpaired) electrons. The van der Waals surface area contributed by atoms with Crippen molar-refractivity contribution in [3.63, 3.8) is 0 Å². The molecule has 1 saturated heterocycles. The fourth-order valence-electron chi connectivity index (χ4n) is 3.24. The van der Waals surface area contributed by atoms with Gasteiger partial charge in [-0.15, -0.1) is 0 Å². The van der Waals surface area contributed by atoms with Crippen molar-refractivity contribution in [2.75, 3.05) is 59.5 Å². The lowest BCUT2D eigenvalue weighted by Crippen LogP contribution is -2.54. The van der Waals surface area contributed by atoms with E-state index in [1.54, 1.807) is 7.11 Å². The van der Waals surface area contributed by atoms with Crippen LogP contribution in [0.2, 0.25) is 0 Å². The molecule has 1 aromatic rings. The summed E-state index contributed by atoms with van der Waals surface area (Å²) in [5.74, 6) is 2.63. The van der Waals surface area contributed by atoms with Crippen LogP contribution in [0.25, 0.3) is 0 Å². The van der Waals surface area contributed by atoms with Crippen LogP contribution in [0.1, 0.15) is 27.2 Å². The molecule has 168 valence electrons. The second-order valence-corrected chi connectivity index (χ2v) is 7.60. The fraction of sp³-hybridized carbons (Fsp3) is 0.636. The van der Waals surface area contributed by atoms with Gasteiger partial charge < -0.3 is 25.0 Å². The second kappa shape index (κ2) is 13.0. The maximum atomic E-state index is 12.0. The number of guanidine groups is 1. The van der Waals surface area contributed by atoms with Gasteiger partial charge in [-0.05, 0) is 32.9 Å². The average Bonchev–Trinajstić information content (AvgIpc) is 2.73. The lowest BCUT2D eigenvalue weighted by Gasteiger charge is -2.36.